The second-order valence-corrected chi connectivity index (χ2v) is 4.48. The number of ether oxygens (including phenoxy) is 1. The van der Waals surface area contributed by atoms with Gasteiger partial charge in [-0.25, -0.2) is 0 Å². The summed E-state index contributed by atoms with van der Waals surface area (Å²) in [5.41, 5.74) is 1.64. The zero-order chi connectivity index (χ0) is 13.0. The van der Waals surface area contributed by atoms with Gasteiger partial charge in [0.1, 0.15) is 5.92 Å². The van der Waals surface area contributed by atoms with E-state index in [1.54, 1.807) is 12.1 Å². The normalized spacial score (nSPS) is 12.3. The van der Waals surface area contributed by atoms with Crippen LogP contribution in [0.4, 0.5) is 0 Å². The van der Waals surface area contributed by atoms with Crippen LogP contribution >= 0.6 is 0 Å². The fourth-order valence-electron chi connectivity index (χ4n) is 1.71. The average Bonchev–Trinajstić information content (AvgIpc) is 2.29. The molecule has 0 radical (unpaired) electrons. The molecule has 0 heterocycles. The van der Waals surface area contributed by atoms with E-state index in [1.165, 1.54) is 7.11 Å². The van der Waals surface area contributed by atoms with Crippen molar-refractivity contribution in [2.24, 2.45) is 11.8 Å². The molecule has 0 fully saturated rings. The quantitative estimate of drug-likeness (QED) is 0.457. The third-order valence-corrected chi connectivity index (χ3v) is 2.74. The van der Waals surface area contributed by atoms with E-state index in [-0.39, 0.29) is 11.7 Å². The lowest BCUT2D eigenvalue weighted by Crippen LogP contribution is -2.30. The molecule has 0 aromatic heterocycles. The molecule has 0 aliphatic carbocycles. The van der Waals surface area contributed by atoms with Gasteiger partial charge >= 0.3 is 5.97 Å². The van der Waals surface area contributed by atoms with E-state index in [1.807, 2.05) is 32.9 Å². The lowest BCUT2D eigenvalue weighted by atomic mass is 9.88. The molecule has 0 saturated heterocycles. The highest BCUT2D eigenvalue weighted by atomic mass is 16.5. The van der Waals surface area contributed by atoms with Crippen LogP contribution in [0.2, 0.25) is 0 Å². The first kappa shape index (κ1) is 13.4. The van der Waals surface area contributed by atoms with E-state index < -0.39 is 11.9 Å². The van der Waals surface area contributed by atoms with Gasteiger partial charge in [-0.2, -0.15) is 0 Å². The molecule has 1 unspecified atom stereocenters. The summed E-state index contributed by atoms with van der Waals surface area (Å²) < 4.78 is 4.68. The van der Waals surface area contributed by atoms with E-state index in [0.717, 1.165) is 5.56 Å². The van der Waals surface area contributed by atoms with E-state index in [9.17, 15) is 9.59 Å². The van der Waals surface area contributed by atoms with Gasteiger partial charge in [-0.3, -0.25) is 9.59 Å². The van der Waals surface area contributed by atoms with Crippen molar-refractivity contribution in [1.29, 1.82) is 0 Å². The van der Waals surface area contributed by atoms with Crippen molar-refractivity contribution in [3.63, 3.8) is 0 Å². The number of hydrogen-bond donors (Lipinski definition) is 0. The Labute approximate surface area is 102 Å². The van der Waals surface area contributed by atoms with E-state index in [0.29, 0.717) is 5.56 Å². The maximum Gasteiger partial charge on any atom is 0.316 e. The van der Waals surface area contributed by atoms with Crippen LogP contribution in [0.15, 0.2) is 24.3 Å². The second kappa shape index (κ2) is 5.62. The number of rotatable bonds is 4. The molecule has 3 heteroatoms. The van der Waals surface area contributed by atoms with Crippen molar-refractivity contribution in [2.75, 3.05) is 7.11 Å². The van der Waals surface area contributed by atoms with Crippen LogP contribution in [-0.2, 0) is 9.53 Å². The summed E-state index contributed by atoms with van der Waals surface area (Å²) in [6, 6.07) is 7.22. The smallest absolute Gasteiger partial charge is 0.316 e. The Morgan fingerprint density at radius 1 is 1.12 bits per heavy atom. The predicted molar refractivity (Wildman–Crippen MR) is 65.9 cm³/mol. The molecule has 1 atom stereocenters. The summed E-state index contributed by atoms with van der Waals surface area (Å²) in [6.45, 7) is 5.63. The molecule has 17 heavy (non-hydrogen) atoms. The molecule has 0 bridgehead atoms. The number of benzene rings is 1. The van der Waals surface area contributed by atoms with Crippen molar-refractivity contribution in [2.45, 2.75) is 20.8 Å². The van der Waals surface area contributed by atoms with Gasteiger partial charge < -0.3 is 4.74 Å². The summed E-state index contributed by atoms with van der Waals surface area (Å²) in [5, 5.41) is 0. The lowest BCUT2D eigenvalue weighted by molar-refractivity contribution is -0.144. The number of aryl methyl sites for hydroxylation is 1. The highest BCUT2D eigenvalue weighted by Gasteiger charge is 2.31. The SMILES string of the molecule is COC(=O)C(C(=O)c1ccc(C)cc1)C(C)C. The minimum atomic E-state index is -0.720. The molecule has 92 valence electrons. The highest BCUT2D eigenvalue weighted by molar-refractivity contribution is 6.08. The fourth-order valence-corrected chi connectivity index (χ4v) is 1.71. The molecule has 0 saturated carbocycles. The van der Waals surface area contributed by atoms with Gasteiger partial charge in [0.25, 0.3) is 0 Å². The summed E-state index contributed by atoms with van der Waals surface area (Å²) in [7, 11) is 1.31. The van der Waals surface area contributed by atoms with Crippen LogP contribution < -0.4 is 0 Å². The second-order valence-electron chi connectivity index (χ2n) is 4.48. The standard InChI is InChI=1S/C14H18O3/c1-9(2)12(14(16)17-4)13(15)11-7-5-10(3)6-8-11/h5-9,12H,1-4H3. The first-order chi connectivity index (χ1) is 7.97. The Balaban J connectivity index is 3.00. The Bertz CT molecular complexity index is 404. The summed E-state index contributed by atoms with van der Waals surface area (Å²) in [6.07, 6.45) is 0. The number of Topliss-reactive ketones (excluding diaryl/α,β-unsaturated/α-hetero) is 1. The molecular formula is C14H18O3. The van der Waals surface area contributed by atoms with E-state index in [2.05, 4.69) is 4.74 Å². The molecule has 1 aromatic carbocycles. The largest absolute Gasteiger partial charge is 0.468 e. The van der Waals surface area contributed by atoms with Crippen LogP contribution in [0, 0.1) is 18.8 Å². The number of esters is 1. The number of hydrogen-bond acceptors (Lipinski definition) is 3. The minimum Gasteiger partial charge on any atom is -0.468 e. The zero-order valence-electron chi connectivity index (χ0n) is 10.7. The van der Waals surface area contributed by atoms with Crippen molar-refractivity contribution in [3.8, 4) is 0 Å². The lowest BCUT2D eigenvalue weighted by Gasteiger charge is -2.17. The van der Waals surface area contributed by atoms with Gasteiger partial charge in [0, 0.05) is 5.56 Å². The topological polar surface area (TPSA) is 43.4 Å². The third kappa shape index (κ3) is 3.16. The number of ketones is 1. The van der Waals surface area contributed by atoms with Gasteiger partial charge in [-0.05, 0) is 12.8 Å². The fraction of sp³-hybridized carbons (Fsp3) is 0.429. The van der Waals surface area contributed by atoms with Gasteiger partial charge in [0.05, 0.1) is 7.11 Å². The zero-order valence-corrected chi connectivity index (χ0v) is 10.7. The molecular weight excluding hydrogens is 216 g/mol. The molecule has 1 rings (SSSR count). The van der Waals surface area contributed by atoms with E-state index >= 15 is 0 Å². The molecule has 3 nitrogen and oxygen atoms in total. The van der Waals surface area contributed by atoms with Crippen LogP contribution in [0.3, 0.4) is 0 Å². The Hall–Kier alpha value is -1.64. The number of carbonyl (C=O) groups is 2. The van der Waals surface area contributed by atoms with Gasteiger partial charge in [-0.1, -0.05) is 43.7 Å². The number of carbonyl (C=O) groups excluding carboxylic acids is 2. The first-order valence-electron chi connectivity index (χ1n) is 5.66. The third-order valence-electron chi connectivity index (χ3n) is 2.74. The Morgan fingerprint density at radius 3 is 2.06 bits per heavy atom. The van der Waals surface area contributed by atoms with Crippen molar-refractivity contribution in [1.82, 2.24) is 0 Å². The minimum absolute atomic E-state index is 0.0729. The van der Waals surface area contributed by atoms with Crippen LogP contribution in [0.1, 0.15) is 29.8 Å². The van der Waals surface area contributed by atoms with Gasteiger partial charge in [0.2, 0.25) is 0 Å². The molecule has 0 spiro atoms. The maximum atomic E-state index is 12.2. The molecule has 0 amide bonds. The van der Waals surface area contributed by atoms with Gasteiger partial charge in [-0.15, -0.1) is 0 Å². The predicted octanol–water partition coefficient (Wildman–Crippen LogP) is 2.62. The highest BCUT2D eigenvalue weighted by Crippen LogP contribution is 2.19. The Kier molecular flexibility index (Phi) is 4.44. The average molecular weight is 234 g/mol. The number of methoxy groups -OCH3 is 1. The maximum absolute atomic E-state index is 12.2. The van der Waals surface area contributed by atoms with Crippen molar-refractivity contribution < 1.29 is 14.3 Å². The van der Waals surface area contributed by atoms with Crippen LogP contribution in [0.5, 0.6) is 0 Å². The van der Waals surface area contributed by atoms with Gasteiger partial charge in [0.15, 0.2) is 5.78 Å². The Morgan fingerprint density at radius 2 is 1.65 bits per heavy atom. The molecule has 0 aliphatic rings. The molecule has 0 N–H and O–H groups in total. The van der Waals surface area contributed by atoms with Crippen molar-refractivity contribution in [3.05, 3.63) is 35.4 Å². The summed E-state index contributed by atoms with van der Waals surface area (Å²) >= 11 is 0. The van der Waals surface area contributed by atoms with E-state index in [4.69, 9.17) is 0 Å². The van der Waals surface area contributed by atoms with Crippen molar-refractivity contribution >= 4 is 11.8 Å². The molecule has 0 aliphatic heterocycles. The van der Waals surface area contributed by atoms with Crippen LogP contribution in [-0.4, -0.2) is 18.9 Å². The first-order valence-corrected chi connectivity index (χ1v) is 5.66. The molecule has 1 aromatic rings. The monoisotopic (exact) mass is 234 g/mol. The summed E-state index contributed by atoms with van der Waals surface area (Å²) in [5.74, 6) is -1.43. The summed E-state index contributed by atoms with van der Waals surface area (Å²) in [4.78, 5) is 23.8. The van der Waals surface area contributed by atoms with Crippen LogP contribution in [0.25, 0.3) is 0 Å².